The molecule has 2 aliphatic rings. The molecule has 2 fully saturated rings. The van der Waals surface area contributed by atoms with E-state index in [-0.39, 0.29) is 11.7 Å². The zero-order chi connectivity index (χ0) is 26.2. The second-order valence-corrected chi connectivity index (χ2v) is 9.58. The number of anilines is 2. The average Bonchev–Trinajstić information content (AvgIpc) is 2.96. The molecule has 2 heterocycles. The normalized spacial score (nSPS) is 15.8. The van der Waals surface area contributed by atoms with E-state index in [4.69, 9.17) is 4.74 Å². The average molecular weight is 501 g/mol. The van der Waals surface area contributed by atoms with Crippen molar-refractivity contribution in [2.24, 2.45) is 0 Å². The predicted octanol–water partition coefficient (Wildman–Crippen LogP) is 4.76. The molecule has 7 heteroatoms. The number of carbonyl (C=O) groups is 2. The molecular weight excluding hydrogens is 464 g/mol. The first-order valence-corrected chi connectivity index (χ1v) is 13.3. The van der Waals surface area contributed by atoms with Gasteiger partial charge >= 0.3 is 0 Å². The quantitative estimate of drug-likeness (QED) is 0.365. The molecule has 37 heavy (non-hydrogen) atoms. The number of nitrogens with zero attached hydrogens (tertiary/aromatic N) is 4. The van der Waals surface area contributed by atoms with E-state index in [1.165, 1.54) is 0 Å². The highest BCUT2D eigenvalue weighted by Crippen LogP contribution is 2.28. The Bertz CT molecular complexity index is 1170. The largest absolute Gasteiger partial charge is 0.378 e. The number of unbranched alkanes of at least 4 members (excludes halogenated alkanes) is 2. The van der Waals surface area contributed by atoms with Gasteiger partial charge in [0.05, 0.1) is 30.4 Å². The van der Waals surface area contributed by atoms with Crippen LogP contribution in [0.5, 0.6) is 0 Å². The van der Waals surface area contributed by atoms with Crippen LogP contribution in [0.3, 0.4) is 0 Å². The minimum atomic E-state index is -0.0461. The molecule has 2 saturated heterocycles. The van der Waals surface area contributed by atoms with Crippen LogP contribution in [-0.2, 0) is 4.74 Å². The molecule has 0 unspecified atom stereocenters. The highest BCUT2D eigenvalue weighted by atomic mass is 16.5. The molecule has 4 rings (SSSR count). The van der Waals surface area contributed by atoms with E-state index in [1.807, 2.05) is 29.2 Å². The van der Waals surface area contributed by atoms with Crippen LogP contribution in [0.15, 0.2) is 43.0 Å². The second-order valence-electron chi connectivity index (χ2n) is 9.58. The Hall–Kier alpha value is -3.63. The number of Topliss-reactive ketones (excluding diaryl/α,β-unsaturated/α-hetero) is 1. The number of hydrogen-bond acceptors (Lipinski definition) is 6. The molecule has 0 radical (unpaired) electrons. The molecular formula is C30H36N4O3. The number of piperazine rings is 1. The van der Waals surface area contributed by atoms with Crippen LogP contribution < -0.4 is 9.80 Å². The van der Waals surface area contributed by atoms with Gasteiger partial charge in [-0.1, -0.05) is 32.4 Å². The van der Waals surface area contributed by atoms with Crippen molar-refractivity contribution in [2.45, 2.75) is 32.6 Å². The number of hydrogen-bond donors (Lipinski definition) is 0. The van der Waals surface area contributed by atoms with Gasteiger partial charge in [0.2, 0.25) is 0 Å². The van der Waals surface area contributed by atoms with Crippen LogP contribution in [0.2, 0.25) is 0 Å². The number of benzene rings is 2. The number of rotatable bonds is 9. The van der Waals surface area contributed by atoms with Gasteiger partial charge in [-0.3, -0.25) is 9.59 Å². The first-order valence-electron chi connectivity index (χ1n) is 13.3. The molecule has 0 saturated carbocycles. The molecule has 1 amide bonds. The third-order valence-electron chi connectivity index (χ3n) is 7.19. The van der Waals surface area contributed by atoms with E-state index < -0.39 is 0 Å². The summed E-state index contributed by atoms with van der Waals surface area (Å²) in [6.45, 7) is 11.3. The maximum absolute atomic E-state index is 13.6. The summed E-state index contributed by atoms with van der Waals surface area (Å²) < 4.78 is 5.48. The SMILES string of the molecule is C=Cc1cc(C(=O)CCCCC)ccc1N1CCN(C(=O)c2cc(C#N)ccc2N2CCOCC2)CC1. The minimum absolute atomic E-state index is 0.0461. The summed E-state index contributed by atoms with van der Waals surface area (Å²) in [5.41, 5.74) is 4.63. The van der Waals surface area contributed by atoms with Crippen LogP contribution in [0.25, 0.3) is 6.08 Å². The third kappa shape index (κ3) is 6.20. The summed E-state index contributed by atoms with van der Waals surface area (Å²) in [6, 6.07) is 13.4. The molecule has 0 aliphatic carbocycles. The molecule has 2 aromatic carbocycles. The molecule has 2 aliphatic heterocycles. The van der Waals surface area contributed by atoms with Gasteiger partial charge in [0.1, 0.15) is 0 Å². The maximum Gasteiger partial charge on any atom is 0.256 e. The highest BCUT2D eigenvalue weighted by molar-refractivity contribution is 6.00. The van der Waals surface area contributed by atoms with Crippen molar-refractivity contribution in [1.29, 1.82) is 5.26 Å². The first kappa shape index (κ1) is 26.4. The molecule has 0 aromatic heterocycles. The van der Waals surface area contributed by atoms with Gasteiger partial charge in [0.25, 0.3) is 5.91 Å². The zero-order valence-electron chi connectivity index (χ0n) is 21.7. The number of ether oxygens (including phenoxy) is 1. The molecule has 7 nitrogen and oxygen atoms in total. The van der Waals surface area contributed by atoms with E-state index in [9.17, 15) is 14.9 Å². The van der Waals surface area contributed by atoms with E-state index in [0.717, 1.165) is 54.9 Å². The van der Waals surface area contributed by atoms with Gasteiger partial charge in [0.15, 0.2) is 5.78 Å². The van der Waals surface area contributed by atoms with Crippen LogP contribution in [-0.4, -0.2) is 69.1 Å². The molecule has 194 valence electrons. The van der Waals surface area contributed by atoms with Crippen LogP contribution in [0, 0.1) is 11.3 Å². The predicted molar refractivity (Wildman–Crippen MR) is 147 cm³/mol. The number of ketones is 1. The monoisotopic (exact) mass is 500 g/mol. The van der Waals surface area contributed by atoms with Crippen LogP contribution in [0.1, 0.15) is 64.4 Å². The Morgan fingerprint density at radius 3 is 2.35 bits per heavy atom. The third-order valence-corrected chi connectivity index (χ3v) is 7.19. The van der Waals surface area contributed by atoms with Gasteiger partial charge in [-0.05, 0) is 48.4 Å². The van der Waals surface area contributed by atoms with Crippen molar-refractivity contribution in [1.82, 2.24) is 4.90 Å². The van der Waals surface area contributed by atoms with Gasteiger partial charge < -0.3 is 19.4 Å². The Kier molecular flexibility index (Phi) is 8.97. The molecule has 0 N–H and O–H groups in total. The fraction of sp³-hybridized carbons (Fsp3) is 0.433. The van der Waals surface area contributed by atoms with Crippen molar-refractivity contribution >= 4 is 29.1 Å². The Morgan fingerprint density at radius 1 is 0.973 bits per heavy atom. The van der Waals surface area contributed by atoms with E-state index in [1.54, 1.807) is 18.2 Å². The van der Waals surface area contributed by atoms with Gasteiger partial charge in [0, 0.05) is 62.6 Å². The fourth-order valence-electron chi connectivity index (χ4n) is 5.04. The summed E-state index contributed by atoms with van der Waals surface area (Å²) in [5, 5.41) is 9.43. The van der Waals surface area contributed by atoms with Gasteiger partial charge in [-0.25, -0.2) is 0 Å². The summed E-state index contributed by atoms with van der Waals surface area (Å²) >= 11 is 0. The lowest BCUT2D eigenvalue weighted by Crippen LogP contribution is -2.49. The lowest BCUT2D eigenvalue weighted by molar-refractivity contribution is 0.0746. The number of morpholine rings is 1. The van der Waals surface area contributed by atoms with E-state index >= 15 is 0 Å². The van der Waals surface area contributed by atoms with E-state index in [0.29, 0.717) is 56.9 Å². The van der Waals surface area contributed by atoms with Crippen molar-refractivity contribution in [2.75, 3.05) is 62.3 Å². The number of nitriles is 1. The van der Waals surface area contributed by atoms with Crippen LogP contribution in [0.4, 0.5) is 11.4 Å². The molecule has 0 atom stereocenters. The Balaban J connectivity index is 1.46. The van der Waals surface area contributed by atoms with Crippen molar-refractivity contribution in [3.63, 3.8) is 0 Å². The van der Waals surface area contributed by atoms with Crippen molar-refractivity contribution in [3.05, 3.63) is 65.2 Å². The number of carbonyl (C=O) groups excluding carboxylic acids is 2. The molecule has 2 aromatic rings. The lowest BCUT2D eigenvalue weighted by atomic mass is 10.0. The Morgan fingerprint density at radius 2 is 1.68 bits per heavy atom. The van der Waals surface area contributed by atoms with Gasteiger partial charge in [-0.2, -0.15) is 5.26 Å². The van der Waals surface area contributed by atoms with Crippen molar-refractivity contribution < 1.29 is 14.3 Å². The minimum Gasteiger partial charge on any atom is -0.378 e. The summed E-state index contributed by atoms with van der Waals surface area (Å²) in [7, 11) is 0. The zero-order valence-corrected chi connectivity index (χ0v) is 21.7. The first-order chi connectivity index (χ1) is 18.0. The fourth-order valence-corrected chi connectivity index (χ4v) is 5.04. The molecule has 0 bridgehead atoms. The van der Waals surface area contributed by atoms with E-state index in [2.05, 4.69) is 29.4 Å². The highest BCUT2D eigenvalue weighted by Gasteiger charge is 2.27. The standard InChI is InChI=1S/C30H36N4O3/c1-3-5-6-7-29(35)25-9-11-27(24(4-2)21-25)32-12-14-34(15-13-32)30(36)26-20-23(22-31)8-10-28(26)33-16-18-37-19-17-33/h4,8-11,20-21H,2-3,5-7,12-19H2,1H3. The molecule has 0 spiro atoms. The maximum atomic E-state index is 13.6. The Labute approximate surface area is 219 Å². The lowest BCUT2D eigenvalue weighted by Gasteiger charge is -2.38. The van der Waals surface area contributed by atoms with Crippen molar-refractivity contribution in [3.8, 4) is 6.07 Å². The van der Waals surface area contributed by atoms with Gasteiger partial charge in [-0.15, -0.1) is 0 Å². The summed E-state index contributed by atoms with van der Waals surface area (Å²) in [4.78, 5) is 32.5. The summed E-state index contributed by atoms with van der Waals surface area (Å²) in [6.07, 6.45) is 5.45. The second kappa shape index (κ2) is 12.6. The topological polar surface area (TPSA) is 76.9 Å². The van der Waals surface area contributed by atoms with Crippen LogP contribution >= 0.6 is 0 Å². The number of amides is 1. The smallest absolute Gasteiger partial charge is 0.256 e. The summed E-state index contributed by atoms with van der Waals surface area (Å²) in [5.74, 6) is 0.129.